The molecule has 4 nitrogen and oxygen atoms in total. The lowest BCUT2D eigenvalue weighted by Crippen LogP contribution is -2.27. The van der Waals surface area contributed by atoms with Crippen molar-refractivity contribution in [2.24, 2.45) is 0 Å². The number of furan rings is 1. The molecule has 1 amide bonds. The molecular weight excluding hydrogens is 316 g/mol. The number of aryl methyl sites for hydroxylation is 1. The Morgan fingerprint density at radius 1 is 1.36 bits per heavy atom. The Morgan fingerprint density at radius 2 is 2.23 bits per heavy atom. The molecule has 6 heteroatoms. The second kappa shape index (κ2) is 6.46. The monoisotopic (exact) mass is 332 g/mol. The van der Waals surface area contributed by atoms with E-state index in [4.69, 9.17) is 4.42 Å². The fourth-order valence-corrected chi connectivity index (χ4v) is 3.63. The van der Waals surface area contributed by atoms with E-state index in [-0.39, 0.29) is 18.4 Å². The van der Waals surface area contributed by atoms with Gasteiger partial charge in [-0.05, 0) is 37.4 Å². The van der Waals surface area contributed by atoms with Crippen LogP contribution in [0.1, 0.15) is 29.3 Å². The van der Waals surface area contributed by atoms with Crippen molar-refractivity contribution >= 4 is 28.6 Å². The molecule has 1 unspecified atom stereocenters. The fourth-order valence-electron chi connectivity index (χ4n) is 2.12. The number of carbonyl (C=O) groups excluding carboxylic acids is 1. The fraction of sp³-hybridized carbons (Fsp3) is 0.250. The number of thiophene rings is 1. The van der Waals surface area contributed by atoms with Crippen molar-refractivity contribution in [2.45, 2.75) is 26.3 Å². The maximum atomic E-state index is 12.1. The highest BCUT2D eigenvalue weighted by Gasteiger charge is 2.14. The first-order valence-corrected chi connectivity index (χ1v) is 8.72. The summed E-state index contributed by atoms with van der Waals surface area (Å²) < 4.78 is 5.55. The first-order chi connectivity index (χ1) is 10.6. The molecule has 1 N–H and O–H groups in total. The normalized spacial score (nSPS) is 12.3. The van der Waals surface area contributed by atoms with Gasteiger partial charge < -0.3 is 9.73 Å². The molecule has 114 valence electrons. The maximum Gasteiger partial charge on any atom is 0.226 e. The molecule has 0 bridgehead atoms. The number of nitrogens with zero attached hydrogens (tertiary/aromatic N) is 1. The van der Waals surface area contributed by atoms with Crippen molar-refractivity contribution in [1.29, 1.82) is 0 Å². The molecule has 0 saturated heterocycles. The van der Waals surface area contributed by atoms with E-state index in [0.29, 0.717) is 0 Å². The van der Waals surface area contributed by atoms with Gasteiger partial charge in [-0.15, -0.1) is 22.7 Å². The third kappa shape index (κ3) is 3.45. The van der Waals surface area contributed by atoms with Crippen LogP contribution in [0.15, 0.2) is 39.4 Å². The maximum absolute atomic E-state index is 12.1. The summed E-state index contributed by atoms with van der Waals surface area (Å²) in [6, 6.07) is 7.84. The predicted molar refractivity (Wildman–Crippen MR) is 89.1 cm³/mol. The number of rotatable bonds is 5. The average molecular weight is 332 g/mol. The van der Waals surface area contributed by atoms with Crippen LogP contribution in [0, 0.1) is 6.92 Å². The van der Waals surface area contributed by atoms with Gasteiger partial charge in [0.1, 0.15) is 5.76 Å². The van der Waals surface area contributed by atoms with Crippen molar-refractivity contribution in [3.05, 3.63) is 51.4 Å². The molecule has 1 atom stereocenters. The van der Waals surface area contributed by atoms with Gasteiger partial charge in [0.2, 0.25) is 5.91 Å². The smallest absolute Gasteiger partial charge is 0.226 e. The molecule has 3 aromatic rings. The van der Waals surface area contributed by atoms with Crippen LogP contribution in [0.4, 0.5) is 0 Å². The zero-order valence-corrected chi connectivity index (χ0v) is 14.0. The summed E-state index contributed by atoms with van der Waals surface area (Å²) >= 11 is 3.13. The van der Waals surface area contributed by atoms with Gasteiger partial charge in [0.15, 0.2) is 10.8 Å². The number of hydrogen-bond donors (Lipinski definition) is 1. The lowest BCUT2D eigenvalue weighted by atomic mass is 10.2. The second-order valence-corrected chi connectivity index (χ2v) is 6.87. The van der Waals surface area contributed by atoms with Gasteiger partial charge in [0, 0.05) is 10.3 Å². The zero-order chi connectivity index (χ0) is 15.5. The molecule has 0 aliphatic heterocycles. The van der Waals surface area contributed by atoms with Gasteiger partial charge in [-0.2, -0.15) is 0 Å². The molecule has 0 spiro atoms. The summed E-state index contributed by atoms with van der Waals surface area (Å²) in [4.78, 5) is 17.7. The minimum atomic E-state index is -0.0200. The highest BCUT2D eigenvalue weighted by atomic mass is 32.1. The highest BCUT2D eigenvalue weighted by Crippen LogP contribution is 2.26. The van der Waals surface area contributed by atoms with Gasteiger partial charge in [-0.1, -0.05) is 6.07 Å². The van der Waals surface area contributed by atoms with Crippen molar-refractivity contribution in [2.75, 3.05) is 0 Å². The van der Waals surface area contributed by atoms with Gasteiger partial charge in [-0.25, -0.2) is 4.98 Å². The van der Waals surface area contributed by atoms with Crippen LogP contribution in [0.25, 0.3) is 10.8 Å². The summed E-state index contributed by atoms with van der Waals surface area (Å²) in [6.07, 6.45) is 0.284. The van der Waals surface area contributed by atoms with Crippen molar-refractivity contribution < 1.29 is 9.21 Å². The summed E-state index contributed by atoms with van der Waals surface area (Å²) in [5, 5.41) is 7.72. The standard InChI is InChI=1S/C16H16N2O2S2/c1-10-5-6-13(20-10)16-18-12(9-22-16)8-15(19)17-11(2)14-4-3-7-21-14/h3-7,9,11H,8H2,1-2H3,(H,17,19). The zero-order valence-electron chi connectivity index (χ0n) is 12.3. The molecule has 0 saturated carbocycles. The lowest BCUT2D eigenvalue weighted by molar-refractivity contribution is -0.121. The summed E-state index contributed by atoms with van der Waals surface area (Å²) in [7, 11) is 0. The van der Waals surface area contributed by atoms with Crippen molar-refractivity contribution in [3.63, 3.8) is 0 Å². The Labute approximate surface area is 136 Å². The minimum Gasteiger partial charge on any atom is -0.459 e. The third-order valence-electron chi connectivity index (χ3n) is 3.19. The van der Waals surface area contributed by atoms with E-state index in [1.807, 2.05) is 48.9 Å². The van der Waals surface area contributed by atoms with E-state index < -0.39 is 0 Å². The van der Waals surface area contributed by atoms with Gasteiger partial charge in [-0.3, -0.25) is 4.79 Å². The topological polar surface area (TPSA) is 55.1 Å². The molecule has 3 aromatic heterocycles. The number of thiazole rings is 1. The second-order valence-electron chi connectivity index (χ2n) is 5.04. The highest BCUT2D eigenvalue weighted by molar-refractivity contribution is 7.13. The first kappa shape index (κ1) is 15.0. The molecule has 0 aliphatic carbocycles. The van der Waals surface area contributed by atoms with E-state index in [1.54, 1.807) is 11.3 Å². The van der Waals surface area contributed by atoms with E-state index in [1.165, 1.54) is 11.3 Å². The Bertz CT molecular complexity index is 759. The largest absolute Gasteiger partial charge is 0.459 e. The average Bonchev–Trinajstić information content (AvgIpc) is 3.18. The molecule has 0 aromatic carbocycles. The Balaban J connectivity index is 1.61. The van der Waals surface area contributed by atoms with Crippen LogP contribution < -0.4 is 5.32 Å². The van der Waals surface area contributed by atoms with E-state index in [0.717, 1.165) is 27.1 Å². The number of carbonyl (C=O) groups is 1. The van der Waals surface area contributed by atoms with Crippen LogP contribution in [0.2, 0.25) is 0 Å². The van der Waals surface area contributed by atoms with Gasteiger partial charge in [0.05, 0.1) is 18.2 Å². The molecule has 3 rings (SSSR count). The van der Waals surface area contributed by atoms with Crippen molar-refractivity contribution in [3.8, 4) is 10.8 Å². The van der Waals surface area contributed by atoms with Crippen LogP contribution in [-0.4, -0.2) is 10.9 Å². The van der Waals surface area contributed by atoms with Crippen LogP contribution in [0.5, 0.6) is 0 Å². The molecule has 3 heterocycles. The van der Waals surface area contributed by atoms with E-state index in [2.05, 4.69) is 10.3 Å². The SMILES string of the molecule is Cc1ccc(-c2nc(CC(=O)NC(C)c3cccs3)cs2)o1. The van der Waals surface area contributed by atoms with Crippen LogP contribution in [0.3, 0.4) is 0 Å². The Hall–Kier alpha value is -1.92. The summed E-state index contributed by atoms with van der Waals surface area (Å²) in [6.45, 7) is 3.89. The predicted octanol–water partition coefficient (Wildman–Crippen LogP) is 4.19. The minimum absolute atomic E-state index is 0.0200. The quantitative estimate of drug-likeness (QED) is 0.762. The summed E-state index contributed by atoms with van der Waals surface area (Å²) in [5.41, 5.74) is 0.768. The Kier molecular flexibility index (Phi) is 4.40. The number of nitrogens with one attached hydrogen (secondary N) is 1. The van der Waals surface area contributed by atoms with Crippen LogP contribution in [-0.2, 0) is 11.2 Å². The lowest BCUT2D eigenvalue weighted by Gasteiger charge is -2.11. The molecule has 0 fully saturated rings. The molecule has 0 radical (unpaired) electrons. The van der Waals surface area contributed by atoms with Crippen molar-refractivity contribution in [1.82, 2.24) is 10.3 Å². The number of amides is 1. The van der Waals surface area contributed by atoms with Gasteiger partial charge in [0.25, 0.3) is 0 Å². The Morgan fingerprint density at radius 3 is 2.91 bits per heavy atom. The first-order valence-electron chi connectivity index (χ1n) is 6.96. The molecular formula is C16H16N2O2S2. The third-order valence-corrected chi connectivity index (χ3v) is 5.15. The summed E-state index contributed by atoms with van der Waals surface area (Å²) in [5.74, 6) is 1.59. The number of aromatic nitrogens is 1. The van der Waals surface area contributed by atoms with Gasteiger partial charge >= 0.3 is 0 Å². The molecule has 0 aliphatic rings. The van der Waals surface area contributed by atoms with E-state index >= 15 is 0 Å². The van der Waals surface area contributed by atoms with Crippen LogP contribution >= 0.6 is 22.7 Å². The van der Waals surface area contributed by atoms with E-state index in [9.17, 15) is 4.79 Å². The molecule has 22 heavy (non-hydrogen) atoms. The number of hydrogen-bond acceptors (Lipinski definition) is 5.